The van der Waals surface area contributed by atoms with Crippen LogP contribution in [0.2, 0.25) is 0 Å². The molecule has 1 fully saturated rings. The van der Waals surface area contributed by atoms with E-state index in [2.05, 4.69) is 31.4 Å². The van der Waals surface area contributed by atoms with E-state index in [1.54, 1.807) is 17.6 Å². The monoisotopic (exact) mass is 400 g/mol. The van der Waals surface area contributed by atoms with Crippen molar-refractivity contribution in [3.63, 3.8) is 0 Å². The first kappa shape index (κ1) is 16.3. The summed E-state index contributed by atoms with van der Waals surface area (Å²) in [6, 6.07) is 4.59. The number of amides is 1. The normalized spacial score (nSPS) is 15.4. The van der Waals surface area contributed by atoms with Crippen LogP contribution in [0, 0.1) is 5.82 Å². The molecule has 1 aliphatic rings. The van der Waals surface area contributed by atoms with Gasteiger partial charge < -0.3 is 5.32 Å². The van der Waals surface area contributed by atoms with Gasteiger partial charge in [0.1, 0.15) is 5.82 Å². The number of benzene rings is 1. The third-order valence-corrected chi connectivity index (χ3v) is 4.98. The van der Waals surface area contributed by atoms with Crippen molar-refractivity contribution in [1.29, 1.82) is 0 Å². The molecule has 0 radical (unpaired) electrons. The SMILES string of the molecule is C[C@H](Sc1n[nH]c(=O)n1C1CC1)C(=O)Nc1ccc(Br)cc1F. The number of aromatic amines is 1. The molecule has 23 heavy (non-hydrogen) atoms. The van der Waals surface area contributed by atoms with Gasteiger partial charge in [-0.25, -0.2) is 14.3 Å². The second-order valence-electron chi connectivity index (χ2n) is 5.29. The molecule has 1 amide bonds. The lowest BCUT2D eigenvalue weighted by Gasteiger charge is -2.12. The average molecular weight is 401 g/mol. The fourth-order valence-electron chi connectivity index (χ4n) is 2.06. The number of H-pyrrole nitrogens is 1. The van der Waals surface area contributed by atoms with Gasteiger partial charge in [0.25, 0.3) is 0 Å². The van der Waals surface area contributed by atoms with E-state index < -0.39 is 11.1 Å². The van der Waals surface area contributed by atoms with E-state index in [1.165, 1.54) is 23.9 Å². The van der Waals surface area contributed by atoms with Crippen LogP contribution in [0.15, 0.2) is 32.6 Å². The van der Waals surface area contributed by atoms with Crippen LogP contribution in [0.1, 0.15) is 25.8 Å². The van der Waals surface area contributed by atoms with E-state index in [0.717, 1.165) is 12.8 Å². The summed E-state index contributed by atoms with van der Waals surface area (Å²) in [6.45, 7) is 1.69. The van der Waals surface area contributed by atoms with Crippen molar-refractivity contribution in [1.82, 2.24) is 14.8 Å². The summed E-state index contributed by atoms with van der Waals surface area (Å²) in [6.07, 6.45) is 1.88. The Morgan fingerprint density at radius 1 is 1.57 bits per heavy atom. The van der Waals surface area contributed by atoms with Crippen LogP contribution in [0.3, 0.4) is 0 Å². The maximum absolute atomic E-state index is 13.8. The third-order valence-electron chi connectivity index (χ3n) is 3.42. The number of halogens is 2. The zero-order chi connectivity index (χ0) is 16.6. The lowest BCUT2D eigenvalue weighted by Crippen LogP contribution is -2.24. The number of rotatable bonds is 5. The minimum Gasteiger partial charge on any atom is -0.323 e. The van der Waals surface area contributed by atoms with Crippen molar-refractivity contribution in [3.05, 3.63) is 39.0 Å². The van der Waals surface area contributed by atoms with Crippen LogP contribution >= 0.6 is 27.7 Å². The molecule has 122 valence electrons. The summed E-state index contributed by atoms with van der Waals surface area (Å²) < 4.78 is 15.9. The van der Waals surface area contributed by atoms with Gasteiger partial charge in [-0.15, -0.1) is 5.10 Å². The summed E-state index contributed by atoms with van der Waals surface area (Å²) in [7, 11) is 0. The molecule has 1 atom stereocenters. The smallest absolute Gasteiger partial charge is 0.323 e. The number of carbonyl (C=O) groups is 1. The molecule has 1 saturated carbocycles. The lowest BCUT2D eigenvalue weighted by atomic mass is 10.3. The molecule has 0 spiro atoms. The van der Waals surface area contributed by atoms with Gasteiger partial charge in [-0.3, -0.25) is 9.36 Å². The zero-order valence-corrected chi connectivity index (χ0v) is 14.6. The third kappa shape index (κ3) is 3.66. The molecular weight excluding hydrogens is 387 g/mol. The minimum atomic E-state index is -0.522. The molecule has 2 N–H and O–H groups in total. The summed E-state index contributed by atoms with van der Waals surface area (Å²) >= 11 is 4.34. The van der Waals surface area contributed by atoms with Crippen LogP contribution in [0.4, 0.5) is 10.1 Å². The van der Waals surface area contributed by atoms with Gasteiger partial charge in [-0.1, -0.05) is 27.7 Å². The molecule has 9 heteroatoms. The van der Waals surface area contributed by atoms with Crippen molar-refractivity contribution in [2.24, 2.45) is 0 Å². The number of aromatic nitrogens is 3. The zero-order valence-electron chi connectivity index (χ0n) is 12.2. The number of carbonyl (C=O) groups excluding carboxylic acids is 1. The molecule has 1 heterocycles. The highest BCUT2D eigenvalue weighted by atomic mass is 79.9. The van der Waals surface area contributed by atoms with Crippen LogP contribution in [0.5, 0.6) is 0 Å². The number of anilines is 1. The predicted molar refractivity (Wildman–Crippen MR) is 89.2 cm³/mol. The maximum atomic E-state index is 13.8. The first-order valence-corrected chi connectivity index (χ1v) is 8.72. The highest BCUT2D eigenvalue weighted by Crippen LogP contribution is 2.36. The van der Waals surface area contributed by atoms with Gasteiger partial charge >= 0.3 is 5.69 Å². The molecule has 0 unspecified atom stereocenters. The van der Waals surface area contributed by atoms with E-state index >= 15 is 0 Å². The molecule has 3 rings (SSSR count). The number of nitrogens with one attached hydrogen (secondary N) is 2. The Labute approximate surface area is 144 Å². The van der Waals surface area contributed by atoms with Crippen LogP contribution in [-0.4, -0.2) is 25.9 Å². The van der Waals surface area contributed by atoms with Gasteiger partial charge in [-0.2, -0.15) is 0 Å². The molecule has 2 aromatic rings. The fraction of sp³-hybridized carbons (Fsp3) is 0.357. The summed E-state index contributed by atoms with van der Waals surface area (Å²) in [5, 5.41) is 8.88. The first-order chi connectivity index (χ1) is 11.0. The summed E-state index contributed by atoms with van der Waals surface area (Å²) in [5.74, 6) is -0.867. The highest BCUT2D eigenvalue weighted by Gasteiger charge is 2.30. The van der Waals surface area contributed by atoms with Crippen LogP contribution in [0.25, 0.3) is 0 Å². The van der Waals surface area contributed by atoms with Crippen molar-refractivity contribution in [2.45, 2.75) is 36.2 Å². The highest BCUT2D eigenvalue weighted by molar-refractivity contribution is 9.10. The van der Waals surface area contributed by atoms with E-state index in [4.69, 9.17) is 0 Å². The quantitative estimate of drug-likeness (QED) is 0.756. The second kappa shape index (κ2) is 6.48. The van der Waals surface area contributed by atoms with Gasteiger partial charge in [0.15, 0.2) is 5.16 Å². The first-order valence-electron chi connectivity index (χ1n) is 7.05. The fourth-order valence-corrected chi connectivity index (χ4v) is 3.32. The number of hydrogen-bond acceptors (Lipinski definition) is 4. The Balaban J connectivity index is 1.69. The molecule has 0 bridgehead atoms. The van der Waals surface area contributed by atoms with Gasteiger partial charge in [0.2, 0.25) is 5.91 Å². The van der Waals surface area contributed by atoms with Crippen molar-refractivity contribution >= 4 is 39.3 Å². The Kier molecular flexibility index (Phi) is 4.58. The Morgan fingerprint density at radius 2 is 2.30 bits per heavy atom. The summed E-state index contributed by atoms with van der Waals surface area (Å²) in [4.78, 5) is 23.9. The molecule has 1 aromatic carbocycles. The number of thioether (sulfide) groups is 1. The number of hydrogen-bond donors (Lipinski definition) is 2. The van der Waals surface area contributed by atoms with Gasteiger partial charge in [0.05, 0.1) is 10.9 Å². The predicted octanol–water partition coefficient (Wildman–Crippen LogP) is 2.93. The van der Waals surface area contributed by atoms with Gasteiger partial charge in [0, 0.05) is 10.5 Å². The van der Waals surface area contributed by atoms with E-state index in [9.17, 15) is 14.0 Å². The molecule has 1 aromatic heterocycles. The van der Waals surface area contributed by atoms with Crippen LogP contribution in [-0.2, 0) is 4.79 Å². The Morgan fingerprint density at radius 3 is 2.96 bits per heavy atom. The molecule has 0 aliphatic heterocycles. The van der Waals surface area contributed by atoms with E-state index in [-0.39, 0.29) is 23.3 Å². The van der Waals surface area contributed by atoms with Crippen molar-refractivity contribution in [3.8, 4) is 0 Å². The number of nitrogens with zero attached hydrogens (tertiary/aromatic N) is 2. The van der Waals surface area contributed by atoms with Crippen molar-refractivity contribution in [2.75, 3.05) is 5.32 Å². The van der Waals surface area contributed by atoms with E-state index in [0.29, 0.717) is 9.63 Å². The topological polar surface area (TPSA) is 79.8 Å². The molecular formula is C14H14BrFN4O2S. The standard InChI is InChI=1S/C14H14BrFN4O2S/c1-7(12(21)17-11-5-2-8(15)6-10(11)16)23-14-19-18-13(22)20(14)9-3-4-9/h2,5-7,9H,3-4H2,1H3,(H,17,21)(H,18,22)/t7-/m0/s1. The molecule has 6 nitrogen and oxygen atoms in total. The largest absolute Gasteiger partial charge is 0.344 e. The Hall–Kier alpha value is -1.61. The van der Waals surface area contributed by atoms with Gasteiger partial charge in [-0.05, 0) is 38.0 Å². The average Bonchev–Trinajstić information content (AvgIpc) is 3.26. The van der Waals surface area contributed by atoms with E-state index in [1.807, 2.05) is 0 Å². The Bertz CT molecular complexity index is 802. The summed E-state index contributed by atoms with van der Waals surface area (Å²) in [5.41, 5.74) is -0.145. The van der Waals surface area contributed by atoms with Crippen LogP contribution < -0.4 is 11.0 Å². The van der Waals surface area contributed by atoms with Crippen molar-refractivity contribution < 1.29 is 9.18 Å². The molecule has 0 saturated heterocycles. The lowest BCUT2D eigenvalue weighted by molar-refractivity contribution is -0.115. The minimum absolute atomic E-state index is 0.118. The maximum Gasteiger partial charge on any atom is 0.344 e. The molecule has 1 aliphatic carbocycles. The second-order valence-corrected chi connectivity index (χ2v) is 7.51.